The maximum atomic E-state index is 13.2. The van der Waals surface area contributed by atoms with Gasteiger partial charge in [0.1, 0.15) is 0 Å². The monoisotopic (exact) mass is 444 g/mol. The van der Waals surface area contributed by atoms with Gasteiger partial charge in [-0.1, -0.05) is 12.1 Å². The molecule has 0 unspecified atom stereocenters. The largest absolute Gasteiger partial charge is 0.493 e. The number of nitrogens with one attached hydrogen (secondary N) is 1. The lowest BCUT2D eigenvalue weighted by Gasteiger charge is -2.36. The van der Waals surface area contributed by atoms with Crippen LogP contribution in [0, 0.1) is 0 Å². The zero-order chi connectivity index (χ0) is 22.9. The molecule has 0 spiro atoms. The van der Waals surface area contributed by atoms with Crippen molar-refractivity contribution in [3.8, 4) is 16.9 Å². The van der Waals surface area contributed by atoms with Crippen molar-refractivity contribution in [1.29, 1.82) is 0 Å². The lowest BCUT2D eigenvalue weighted by Crippen LogP contribution is -2.48. The minimum absolute atomic E-state index is 0.00118. The van der Waals surface area contributed by atoms with Gasteiger partial charge in [0.2, 0.25) is 0 Å². The molecular weight excluding hydrogens is 420 g/mol. The van der Waals surface area contributed by atoms with Crippen LogP contribution in [-0.2, 0) is 7.05 Å². The first-order valence-electron chi connectivity index (χ1n) is 10.7. The van der Waals surface area contributed by atoms with Crippen molar-refractivity contribution in [3.05, 3.63) is 71.0 Å². The van der Waals surface area contributed by atoms with Crippen molar-refractivity contribution < 1.29 is 9.53 Å². The Morgan fingerprint density at radius 1 is 1.06 bits per heavy atom. The summed E-state index contributed by atoms with van der Waals surface area (Å²) in [6.45, 7) is 2.67. The molecule has 168 valence electrons. The highest BCUT2D eigenvalue weighted by molar-refractivity contribution is 5.96. The number of imidazole rings is 1. The number of rotatable bonds is 4. The molecule has 1 aliphatic heterocycles. The summed E-state index contributed by atoms with van der Waals surface area (Å²) in [7, 11) is 3.34. The molecule has 1 N–H and O–H groups in total. The number of hydrogen-bond donors (Lipinski definition) is 1. The summed E-state index contributed by atoms with van der Waals surface area (Å²) in [6.07, 6.45) is 5.16. The molecule has 9 nitrogen and oxygen atoms in total. The number of pyridine rings is 2. The number of anilines is 1. The minimum Gasteiger partial charge on any atom is -0.493 e. The number of carbonyl (C=O) groups excluding carboxylic acids is 1. The van der Waals surface area contributed by atoms with Crippen LogP contribution >= 0.6 is 0 Å². The van der Waals surface area contributed by atoms with Gasteiger partial charge in [-0.2, -0.15) is 0 Å². The van der Waals surface area contributed by atoms with Gasteiger partial charge in [0, 0.05) is 56.7 Å². The van der Waals surface area contributed by atoms with Crippen molar-refractivity contribution in [3.63, 3.8) is 0 Å². The first-order valence-corrected chi connectivity index (χ1v) is 10.7. The van der Waals surface area contributed by atoms with E-state index in [4.69, 9.17) is 4.74 Å². The molecular formula is C24H24N6O3. The molecule has 9 heteroatoms. The molecule has 0 aliphatic carbocycles. The summed E-state index contributed by atoms with van der Waals surface area (Å²) >= 11 is 0. The molecule has 1 aliphatic rings. The normalized spacial score (nSPS) is 14.0. The number of aromatic nitrogens is 4. The van der Waals surface area contributed by atoms with Crippen molar-refractivity contribution >= 4 is 22.8 Å². The highest BCUT2D eigenvalue weighted by Gasteiger charge is 2.24. The van der Waals surface area contributed by atoms with E-state index >= 15 is 0 Å². The average Bonchev–Trinajstić information content (AvgIpc) is 3.16. The number of piperazine rings is 1. The third-order valence-corrected chi connectivity index (χ3v) is 6.09. The van der Waals surface area contributed by atoms with Crippen LogP contribution in [0.1, 0.15) is 10.4 Å². The third-order valence-electron chi connectivity index (χ3n) is 6.09. The highest BCUT2D eigenvalue weighted by atomic mass is 16.5. The number of hydrogen-bond acceptors (Lipinski definition) is 6. The second-order valence-electron chi connectivity index (χ2n) is 7.99. The maximum absolute atomic E-state index is 13.2. The summed E-state index contributed by atoms with van der Waals surface area (Å²) in [5, 5.41) is 0. The van der Waals surface area contributed by atoms with Gasteiger partial charge in [0.25, 0.3) is 5.91 Å². The van der Waals surface area contributed by atoms with E-state index in [0.29, 0.717) is 37.4 Å². The van der Waals surface area contributed by atoms with Crippen LogP contribution in [-0.4, -0.2) is 63.6 Å². The van der Waals surface area contributed by atoms with E-state index in [2.05, 4.69) is 19.9 Å². The molecule has 1 aromatic carbocycles. The number of nitrogens with zero attached hydrogens (tertiary/aromatic N) is 5. The highest BCUT2D eigenvalue weighted by Crippen LogP contribution is 2.28. The predicted molar refractivity (Wildman–Crippen MR) is 126 cm³/mol. The Balaban J connectivity index is 1.34. The Morgan fingerprint density at radius 3 is 2.67 bits per heavy atom. The van der Waals surface area contributed by atoms with Crippen molar-refractivity contribution in [1.82, 2.24) is 24.4 Å². The third kappa shape index (κ3) is 3.82. The number of aromatic amines is 1. The van der Waals surface area contributed by atoms with E-state index in [1.54, 1.807) is 32.7 Å². The molecule has 1 fully saturated rings. The molecule has 0 saturated carbocycles. The van der Waals surface area contributed by atoms with E-state index in [0.717, 1.165) is 28.1 Å². The molecule has 3 aromatic heterocycles. The van der Waals surface area contributed by atoms with Gasteiger partial charge in [0.15, 0.2) is 11.4 Å². The molecule has 1 amide bonds. The number of amides is 1. The number of ether oxygens (including phenoxy) is 1. The van der Waals surface area contributed by atoms with Crippen LogP contribution in [0.3, 0.4) is 0 Å². The van der Waals surface area contributed by atoms with Gasteiger partial charge in [-0.25, -0.2) is 9.78 Å². The molecule has 4 heterocycles. The lowest BCUT2D eigenvalue weighted by atomic mass is 10.0. The second-order valence-corrected chi connectivity index (χ2v) is 7.99. The quantitative estimate of drug-likeness (QED) is 0.519. The number of benzene rings is 1. The van der Waals surface area contributed by atoms with E-state index in [-0.39, 0.29) is 11.6 Å². The molecule has 5 rings (SSSR count). The summed E-state index contributed by atoms with van der Waals surface area (Å²) in [6, 6.07) is 11.4. The van der Waals surface area contributed by atoms with Gasteiger partial charge in [0.05, 0.1) is 24.5 Å². The van der Waals surface area contributed by atoms with Gasteiger partial charge < -0.3 is 14.5 Å². The van der Waals surface area contributed by atoms with Crippen LogP contribution in [0.5, 0.6) is 5.75 Å². The summed E-state index contributed by atoms with van der Waals surface area (Å²) in [5.74, 6) is 0.733. The number of methoxy groups -OCH3 is 1. The molecule has 0 radical (unpaired) electrons. The molecule has 33 heavy (non-hydrogen) atoms. The fraction of sp³-hybridized carbons (Fsp3) is 0.250. The minimum atomic E-state index is -0.206. The number of aryl methyl sites for hydroxylation is 1. The standard InChI is InChI=1S/C24H24N6O3/c1-28-20-13-18(14-26-22(20)27-24(28)32)16-4-3-5-17(12-16)23(31)30-10-8-29(9-11-30)19-6-7-25-15-21(19)33-2/h3-7,12-15H,8-11H2,1-2H3,(H,26,27,32). The molecule has 0 bridgehead atoms. The van der Waals surface area contributed by atoms with Gasteiger partial charge >= 0.3 is 5.69 Å². The maximum Gasteiger partial charge on any atom is 0.327 e. The topological polar surface area (TPSA) is 96.3 Å². The summed E-state index contributed by atoms with van der Waals surface area (Å²) in [4.78, 5) is 40.4. The fourth-order valence-corrected chi connectivity index (χ4v) is 4.21. The van der Waals surface area contributed by atoms with Gasteiger partial charge in [-0.3, -0.25) is 19.3 Å². The number of carbonyl (C=O) groups is 1. The van der Waals surface area contributed by atoms with Crippen LogP contribution in [0.25, 0.3) is 22.3 Å². The van der Waals surface area contributed by atoms with Crippen LogP contribution in [0.2, 0.25) is 0 Å². The number of fused-ring (bicyclic) bond motifs is 1. The van der Waals surface area contributed by atoms with Crippen molar-refractivity contribution in [2.24, 2.45) is 7.05 Å². The average molecular weight is 444 g/mol. The van der Waals surface area contributed by atoms with E-state index in [9.17, 15) is 9.59 Å². The molecule has 0 atom stereocenters. The zero-order valence-corrected chi connectivity index (χ0v) is 18.5. The SMILES string of the molecule is COc1cnccc1N1CCN(C(=O)c2cccc(-c3cnc4[nH]c(=O)n(C)c4c3)c2)CC1. The molecule has 1 saturated heterocycles. The predicted octanol–water partition coefficient (Wildman–Crippen LogP) is 2.29. The van der Waals surface area contributed by atoms with E-state index in [1.165, 1.54) is 4.57 Å². The Labute approximate surface area is 190 Å². The first kappa shape index (κ1) is 20.7. The van der Waals surface area contributed by atoms with E-state index in [1.807, 2.05) is 41.3 Å². The van der Waals surface area contributed by atoms with Crippen LogP contribution in [0.4, 0.5) is 5.69 Å². The van der Waals surface area contributed by atoms with Crippen LogP contribution < -0.4 is 15.3 Å². The zero-order valence-electron chi connectivity index (χ0n) is 18.5. The Bertz CT molecular complexity index is 1380. The second kappa shape index (κ2) is 8.42. The van der Waals surface area contributed by atoms with Crippen molar-refractivity contribution in [2.75, 3.05) is 38.2 Å². The molecule has 4 aromatic rings. The Hall–Kier alpha value is -4.14. The lowest BCUT2D eigenvalue weighted by molar-refractivity contribution is 0.0746. The Kier molecular flexibility index (Phi) is 5.29. The van der Waals surface area contributed by atoms with Gasteiger partial charge in [-0.15, -0.1) is 0 Å². The summed E-state index contributed by atoms with van der Waals surface area (Å²) < 4.78 is 6.95. The Morgan fingerprint density at radius 2 is 1.88 bits per heavy atom. The summed E-state index contributed by atoms with van der Waals surface area (Å²) in [5.41, 5.74) is 4.40. The number of H-pyrrole nitrogens is 1. The van der Waals surface area contributed by atoms with E-state index < -0.39 is 0 Å². The first-order chi connectivity index (χ1) is 16.0. The fourth-order valence-electron chi connectivity index (χ4n) is 4.21. The van der Waals surface area contributed by atoms with Crippen LogP contribution in [0.15, 0.2) is 59.8 Å². The van der Waals surface area contributed by atoms with Crippen molar-refractivity contribution in [2.45, 2.75) is 0 Å². The smallest absolute Gasteiger partial charge is 0.327 e. The van der Waals surface area contributed by atoms with Gasteiger partial charge in [-0.05, 0) is 29.8 Å².